The highest BCUT2D eigenvalue weighted by Crippen LogP contribution is 2.34. The number of esters is 1. The summed E-state index contributed by atoms with van der Waals surface area (Å²) >= 11 is 13.7. The van der Waals surface area contributed by atoms with Crippen molar-refractivity contribution in [2.45, 2.75) is 19.9 Å². The minimum Gasteiger partial charge on any atom is -0.463 e. The first-order valence-electron chi connectivity index (χ1n) is 9.60. The molecule has 2 heterocycles. The van der Waals surface area contributed by atoms with Crippen LogP contribution in [0.25, 0.3) is 6.08 Å². The Hall–Kier alpha value is -2.67. The standard InChI is InChI=1S/C23H18Cl2N2O3S/c1-3-30-22(29)19-13(2)26-23-27(20(19)16-6-4-5-7-17(16)25)21(28)18(31-23)12-14-8-10-15(24)11-9-14/h4-12,20H,3H2,1-2H3/b18-12-/t20-/m1/s1. The maximum Gasteiger partial charge on any atom is 0.338 e. The van der Waals surface area contributed by atoms with Crippen molar-refractivity contribution in [2.24, 2.45) is 4.99 Å². The van der Waals surface area contributed by atoms with Crippen LogP contribution in [-0.2, 0) is 9.53 Å². The summed E-state index contributed by atoms with van der Waals surface area (Å²) in [7, 11) is 0. The first-order valence-corrected chi connectivity index (χ1v) is 11.2. The van der Waals surface area contributed by atoms with Crippen LogP contribution in [0.3, 0.4) is 0 Å². The lowest BCUT2D eigenvalue weighted by atomic mass is 9.96. The molecule has 8 heteroatoms. The third-order valence-corrected chi connectivity index (χ3v) is 6.46. The van der Waals surface area contributed by atoms with Crippen LogP contribution >= 0.6 is 34.5 Å². The number of thiazole rings is 1. The average Bonchev–Trinajstić information content (AvgIpc) is 3.04. The van der Waals surface area contributed by atoms with E-state index in [2.05, 4.69) is 4.99 Å². The van der Waals surface area contributed by atoms with Crippen molar-refractivity contribution in [3.63, 3.8) is 0 Å². The molecular weight excluding hydrogens is 455 g/mol. The summed E-state index contributed by atoms with van der Waals surface area (Å²) in [5.41, 5.74) is 2.03. The number of aromatic nitrogens is 1. The summed E-state index contributed by atoms with van der Waals surface area (Å²) < 4.78 is 7.30. The second-order valence-electron chi connectivity index (χ2n) is 6.88. The van der Waals surface area contributed by atoms with Gasteiger partial charge in [-0.25, -0.2) is 9.79 Å². The van der Waals surface area contributed by atoms with Gasteiger partial charge in [0.2, 0.25) is 0 Å². The Kier molecular flexibility index (Phi) is 6.14. The van der Waals surface area contributed by atoms with Gasteiger partial charge in [0.15, 0.2) is 4.80 Å². The van der Waals surface area contributed by atoms with Crippen molar-refractivity contribution in [1.82, 2.24) is 4.57 Å². The smallest absolute Gasteiger partial charge is 0.338 e. The third kappa shape index (κ3) is 4.11. The van der Waals surface area contributed by atoms with Gasteiger partial charge in [0.1, 0.15) is 6.04 Å². The zero-order chi connectivity index (χ0) is 22.1. The van der Waals surface area contributed by atoms with Crippen LogP contribution in [-0.4, -0.2) is 17.1 Å². The Morgan fingerprint density at radius 1 is 1.19 bits per heavy atom. The van der Waals surface area contributed by atoms with Crippen LogP contribution < -0.4 is 14.9 Å². The van der Waals surface area contributed by atoms with Crippen LogP contribution in [0, 0.1) is 0 Å². The van der Waals surface area contributed by atoms with E-state index in [1.54, 1.807) is 50.3 Å². The van der Waals surface area contributed by atoms with Crippen LogP contribution in [0.1, 0.15) is 31.0 Å². The van der Waals surface area contributed by atoms with Gasteiger partial charge in [0.25, 0.3) is 5.56 Å². The number of halogens is 2. The summed E-state index contributed by atoms with van der Waals surface area (Å²) in [5.74, 6) is -0.513. The molecule has 0 saturated carbocycles. The third-order valence-electron chi connectivity index (χ3n) is 4.88. The second kappa shape index (κ2) is 8.83. The van der Waals surface area contributed by atoms with Gasteiger partial charge in [-0.15, -0.1) is 0 Å². The molecule has 0 radical (unpaired) electrons. The molecule has 5 nitrogen and oxygen atoms in total. The molecule has 31 heavy (non-hydrogen) atoms. The predicted octanol–water partition coefficient (Wildman–Crippen LogP) is 4.11. The zero-order valence-electron chi connectivity index (χ0n) is 16.8. The summed E-state index contributed by atoms with van der Waals surface area (Å²) in [5, 5.41) is 1.07. The lowest BCUT2D eigenvalue weighted by Crippen LogP contribution is -2.40. The fourth-order valence-electron chi connectivity index (χ4n) is 3.49. The maximum absolute atomic E-state index is 13.5. The first-order chi connectivity index (χ1) is 14.9. The van der Waals surface area contributed by atoms with Gasteiger partial charge in [0, 0.05) is 10.0 Å². The van der Waals surface area contributed by atoms with Crippen LogP contribution in [0.5, 0.6) is 0 Å². The molecular formula is C23H18Cl2N2O3S. The van der Waals surface area contributed by atoms with E-state index >= 15 is 0 Å². The van der Waals surface area contributed by atoms with Gasteiger partial charge in [-0.3, -0.25) is 9.36 Å². The molecule has 1 aliphatic heterocycles. The number of rotatable bonds is 4. The Balaban J connectivity index is 1.97. The zero-order valence-corrected chi connectivity index (χ0v) is 19.1. The Morgan fingerprint density at radius 2 is 1.90 bits per heavy atom. The number of hydrogen-bond donors (Lipinski definition) is 0. The van der Waals surface area contributed by atoms with E-state index in [4.69, 9.17) is 27.9 Å². The van der Waals surface area contributed by atoms with Crippen molar-refractivity contribution >= 4 is 46.6 Å². The van der Waals surface area contributed by atoms with E-state index in [9.17, 15) is 9.59 Å². The summed E-state index contributed by atoms with van der Waals surface area (Å²) in [6.07, 6.45) is 1.78. The van der Waals surface area contributed by atoms with Gasteiger partial charge in [0.05, 0.1) is 22.4 Å². The number of nitrogens with zero attached hydrogens (tertiary/aromatic N) is 2. The predicted molar refractivity (Wildman–Crippen MR) is 123 cm³/mol. The monoisotopic (exact) mass is 472 g/mol. The Labute approximate surface area is 192 Å². The largest absolute Gasteiger partial charge is 0.463 e. The summed E-state index contributed by atoms with van der Waals surface area (Å²) in [6.45, 7) is 3.69. The van der Waals surface area contributed by atoms with Crippen LogP contribution in [0.2, 0.25) is 10.0 Å². The highest BCUT2D eigenvalue weighted by molar-refractivity contribution is 7.07. The van der Waals surface area contributed by atoms with E-state index in [-0.39, 0.29) is 12.2 Å². The van der Waals surface area contributed by atoms with Gasteiger partial charge in [-0.05, 0) is 49.2 Å². The topological polar surface area (TPSA) is 60.7 Å². The van der Waals surface area contributed by atoms with Crippen molar-refractivity contribution in [2.75, 3.05) is 6.61 Å². The molecule has 0 amide bonds. The lowest BCUT2D eigenvalue weighted by Gasteiger charge is -2.25. The molecule has 0 spiro atoms. The van der Waals surface area contributed by atoms with Gasteiger partial charge >= 0.3 is 5.97 Å². The van der Waals surface area contributed by atoms with E-state index < -0.39 is 12.0 Å². The number of ether oxygens (including phenoxy) is 1. The van der Waals surface area contributed by atoms with E-state index in [1.807, 2.05) is 18.2 Å². The molecule has 0 unspecified atom stereocenters. The molecule has 1 atom stereocenters. The fraction of sp³-hybridized carbons (Fsp3) is 0.174. The average molecular weight is 473 g/mol. The van der Waals surface area contributed by atoms with Crippen molar-refractivity contribution in [3.05, 3.63) is 101 Å². The number of allylic oxidation sites excluding steroid dienone is 1. The highest BCUT2D eigenvalue weighted by Gasteiger charge is 2.34. The van der Waals surface area contributed by atoms with E-state index in [0.717, 1.165) is 5.56 Å². The molecule has 1 aliphatic rings. The molecule has 0 saturated heterocycles. The molecule has 1 aromatic heterocycles. The van der Waals surface area contributed by atoms with Gasteiger partial charge in [-0.2, -0.15) is 0 Å². The second-order valence-corrected chi connectivity index (χ2v) is 8.73. The van der Waals surface area contributed by atoms with Gasteiger partial charge in [-0.1, -0.05) is 64.9 Å². The Bertz CT molecular complexity index is 1370. The minimum atomic E-state index is -0.726. The number of hydrogen-bond acceptors (Lipinski definition) is 5. The Morgan fingerprint density at radius 3 is 2.58 bits per heavy atom. The molecule has 0 N–H and O–H groups in total. The molecule has 0 fully saturated rings. The number of benzene rings is 2. The highest BCUT2D eigenvalue weighted by atomic mass is 35.5. The number of carbonyl (C=O) groups excluding carboxylic acids is 1. The van der Waals surface area contributed by atoms with Crippen molar-refractivity contribution < 1.29 is 9.53 Å². The van der Waals surface area contributed by atoms with Crippen molar-refractivity contribution in [3.8, 4) is 0 Å². The molecule has 2 aromatic carbocycles. The summed E-state index contributed by atoms with van der Waals surface area (Å²) in [4.78, 5) is 31.3. The molecule has 3 aromatic rings. The molecule has 158 valence electrons. The van der Waals surface area contributed by atoms with Crippen LogP contribution in [0.4, 0.5) is 0 Å². The first kappa shape index (κ1) is 21.6. The normalized spacial score (nSPS) is 16.1. The minimum absolute atomic E-state index is 0.214. The number of carbonyl (C=O) groups is 1. The van der Waals surface area contributed by atoms with Crippen LogP contribution in [0.15, 0.2) is 69.6 Å². The van der Waals surface area contributed by atoms with Crippen molar-refractivity contribution in [1.29, 1.82) is 0 Å². The van der Waals surface area contributed by atoms with E-state index in [1.165, 1.54) is 15.9 Å². The van der Waals surface area contributed by atoms with Gasteiger partial charge < -0.3 is 4.74 Å². The molecule has 4 rings (SSSR count). The lowest BCUT2D eigenvalue weighted by molar-refractivity contribution is -0.139. The maximum atomic E-state index is 13.5. The fourth-order valence-corrected chi connectivity index (χ4v) is 4.90. The number of fused-ring (bicyclic) bond motifs is 1. The quantitative estimate of drug-likeness (QED) is 0.536. The summed E-state index contributed by atoms with van der Waals surface area (Å²) in [6, 6.07) is 13.6. The molecule has 0 aliphatic carbocycles. The SMILES string of the molecule is CCOC(=O)C1=C(C)N=c2s/c(=C\c3ccc(Cl)cc3)c(=O)n2[C@@H]1c1ccccc1Cl. The van der Waals surface area contributed by atoms with E-state index in [0.29, 0.717) is 36.2 Å². The molecule has 0 bridgehead atoms.